The maximum atomic E-state index is 11.9. The van der Waals surface area contributed by atoms with Crippen LogP contribution in [0.3, 0.4) is 0 Å². The second kappa shape index (κ2) is 8.13. The van der Waals surface area contributed by atoms with E-state index in [1.165, 1.54) is 0 Å². The third kappa shape index (κ3) is 6.04. The Hall–Kier alpha value is -1.85. The van der Waals surface area contributed by atoms with Crippen LogP contribution in [-0.4, -0.2) is 34.7 Å². The fourth-order valence-electron chi connectivity index (χ4n) is 2.47. The number of hydrogen-bond donors (Lipinski definition) is 2. The molecule has 1 saturated carbocycles. The highest BCUT2D eigenvalue weighted by Gasteiger charge is 2.27. The molecule has 1 aromatic rings. The first-order chi connectivity index (χ1) is 11.0. The molecule has 6 nitrogen and oxygen atoms in total. The van der Waals surface area contributed by atoms with Crippen LogP contribution in [0.25, 0.3) is 0 Å². The number of esters is 1. The molecule has 0 spiro atoms. The van der Waals surface area contributed by atoms with Gasteiger partial charge in [-0.05, 0) is 38.2 Å². The monoisotopic (exact) mass is 321 g/mol. The summed E-state index contributed by atoms with van der Waals surface area (Å²) in [6.45, 7) is 6.08. The average molecular weight is 321 g/mol. The van der Waals surface area contributed by atoms with Crippen molar-refractivity contribution in [2.75, 3.05) is 6.61 Å². The summed E-state index contributed by atoms with van der Waals surface area (Å²) in [5.41, 5.74) is 1.21. The lowest BCUT2D eigenvalue weighted by Crippen LogP contribution is -2.35. The molecule has 0 bridgehead atoms. The molecule has 1 heterocycles. The van der Waals surface area contributed by atoms with Crippen LogP contribution in [0, 0.1) is 5.92 Å². The summed E-state index contributed by atoms with van der Waals surface area (Å²) in [7, 11) is 0. The number of carbonyl (C=O) groups is 2. The number of rotatable bonds is 9. The van der Waals surface area contributed by atoms with Gasteiger partial charge in [-0.1, -0.05) is 26.7 Å². The van der Waals surface area contributed by atoms with E-state index in [0.717, 1.165) is 37.8 Å². The number of nitrogens with zero attached hydrogens (tertiary/aromatic N) is 1. The van der Waals surface area contributed by atoms with Crippen molar-refractivity contribution in [1.82, 2.24) is 15.5 Å². The number of amides is 1. The molecule has 0 saturated heterocycles. The normalized spacial score (nSPS) is 15.5. The standard InChI is InChI=1S/C17H27N3O3/c1-11(2)5-4-6-12(3)18-16(21)10-23-17(22)15-9-14(19-20-15)13-7-8-13/h9,11-13H,4-8,10H2,1-3H3,(H,18,21)(H,19,20). The van der Waals surface area contributed by atoms with Crippen molar-refractivity contribution in [3.63, 3.8) is 0 Å². The summed E-state index contributed by atoms with van der Waals surface area (Å²) >= 11 is 0. The lowest BCUT2D eigenvalue weighted by Gasteiger charge is -2.14. The molecule has 1 aromatic heterocycles. The van der Waals surface area contributed by atoms with Crippen LogP contribution in [0.2, 0.25) is 0 Å². The smallest absolute Gasteiger partial charge is 0.359 e. The first-order valence-electron chi connectivity index (χ1n) is 8.47. The Labute approximate surface area is 137 Å². The van der Waals surface area contributed by atoms with Gasteiger partial charge in [0.1, 0.15) is 0 Å². The molecular weight excluding hydrogens is 294 g/mol. The Morgan fingerprint density at radius 3 is 2.74 bits per heavy atom. The fraction of sp³-hybridized carbons (Fsp3) is 0.706. The first-order valence-corrected chi connectivity index (χ1v) is 8.47. The molecular formula is C17H27N3O3. The number of nitrogens with one attached hydrogen (secondary N) is 2. The molecule has 1 aliphatic rings. The second-order valence-electron chi connectivity index (χ2n) is 6.85. The minimum absolute atomic E-state index is 0.0896. The maximum Gasteiger partial charge on any atom is 0.359 e. The first kappa shape index (κ1) is 17.5. The highest BCUT2D eigenvalue weighted by Crippen LogP contribution is 2.38. The SMILES string of the molecule is CC(C)CCCC(C)NC(=O)COC(=O)c1cc(C2CC2)[nH]n1. The van der Waals surface area contributed by atoms with Crippen LogP contribution >= 0.6 is 0 Å². The molecule has 2 N–H and O–H groups in total. The van der Waals surface area contributed by atoms with E-state index in [-0.39, 0.29) is 24.2 Å². The van der Waals surface area contributed by atoms with E-state index in [4.69, 9.17) is 4.74 Å². The fourth-order valence-corrected chi connectivity index (χ4v) is 2.47. The van der Waals surface area contributed by atoms with Crippen molar-refractivity contribution < 1.29 is 14.3 Å². The van der Waals surface area contributed by atoms with Gasteiger partial charge in [0.15, 0.2) is 12.3 Å². The molecule has 23 heavy (non-hydrogen) atoms. The Bertz CT molecular complexity index is 535. The van der Waals surface area contributed by atoms with Crippen molar-refractivity contribution in [2.24, 2.45) is 5.92 Å². The Morgan fingerprint density at radius 2 is 2.09 bits per heavy atom. The van der Waals surface area contributed by atoms with E-state index in [2.05, 4.69) is 29.4 Å². The van der Waals surface area contributed by atoms with Gasteiger partial charge in [-0.2, -0.15) is 5.10 Å². The van der Waals surface area contributed by atoms with Gasteiger partial charge in [-0.3, -0.25) is 9.89 Å². The lowest BCUT2D eigenvalue weighted by atomic mass is 10.0. The van der Waals surface area contributed by atoms with Crippen LogP contribution in [0.1, 0.15) is 75.0 Å². The largest absolute Gasteiger partial charge is 0.451 e. The number of carbonyl (C=O) groups excluding carboxylic acids is 2. The highest BCUT2D eigenvalue weighted by atomic mass is 16.5. The third-order valence-electron chi connectivity index (χ3n) is 3.98. The van der Waals surface area contributed by atoms with E-state index in [1.54, 1.807) is 6.07 Å². The topological polar surface area (TPSA) is 84.1 Å². The van der Waals surface area contributed by atoms with Crippen LogP contribution in [0.15, 0.2) is 6.07 Å². The van der Waals surface area contributed by atoms with Crippen molar-refractivity contribution >= 4 is 11.9 Å². The zero-order valence-corrected chi connectivity index (χ0v) is 14.2. The van der Waals surface area contributed by atoms with Crippen LogP contribution < -0.4 is 5.32 Å². The minimum atomic E-state index is -0.559. The van der Waals surface area contributed by atoms with Gasteiger partial charge in [0, 0.05) is 17.7 Å². The van der Waals surface area contributed by atoms with Crippen molar-refractivity contribution in [3.8, 4) is 0 Å². The molecule has 128 valence electrons. The molecule has 2 rings (SSSR count). The van der Waals surface area contributed by atoms with E-state index < -0.39 is 5.97 Å². The van der Waals surface area contributed by atoms with Crippen molar-refractivity contribution in [1.29, 1.82) is 0 Å². The minimum Gasteiger partial charge on any atom is -0.451 e. The second-order valence-corrected chi connectivity index (χ2v) is 6.85. The van der Waals surface area contributed by atoms with E-state index >= 15 is 0 Å². The van der Waals surface area contributed by atoms with E-state index in [9.17, 15) is 9.59 Å². The Morgan fingerprint density at radius 1 is 1.35 bits per heavy atom. The summed E-state index contributed by atoms with van der Waals surface area (Å²) in [5.74, 6) is 0.344. The highest BCUT2D eigenvalue weighted by molar-refractivity contribution is 5.89. The predicted octanol–water partition coefficient (Wildman–Crippen LogP) is 2.77. The molecule has 1 amide bonds. The summed E-state index contributed by atoms with van der Waals surface area (Å²) in [5, 5.41) is 9.64. The van der Waals surface area contributed by atoms with Gasteiger partial charge in [0.05, 0.1) is 0 Å². The van der Waals surface area contributed by atoms with Gasteiger partial charge >= 0.3 is 5.97 Å². The summed E-state index contributed by atoms with van der Waals surface area (Å²) in [4.78, 5) is 23.6. The third-order valence-corrected chi connectivity index (χ3v) is 3.98. The summed E-state index contributed by atoms with van der Waals surface area (Å²) in [6, 6.07) is 1.80. The van der Waals surface area contributed by atoms with Gasteiger partial charge < -0.3 is 10.1 Å². The average Bonchev–Trinajstić information content (AvgIpc) is 3.21. The number of aromatic amines is 1. The lowest BCUT2D eigenvalue weighted by molar-refractivity contribution is -0.124. The number of aromatic nitrogens is 2. The Balaban J connectivity index is 1.65. The van der Waals surface area contributed by atoms with Crippen molar-refractivity contribution in [3.05, 3.63) is 17.5 Å². The van der Waals surface area contributed by atoms with Gasteiger partial charge in [0.25, 0.3) is 5.91 Å². The maximum absolute atomic E-state index is 11.9. The molecule has 0 radical (unpaired) electrons. The van der Waals surface area contributed by atoms with E-state index in [1.807, 2.05) is 6.92 Å². The van der Waals surface area contributed by atoms with E-state index in [0.29, 0.717) is 11.8 Å². The van der Waals surface area contributed by atoms with Crippen LogP contribution in [-0.2, 0) is 9.53 Å². The van der Waals surface area contributed by atoms with Gasteiger partial charge in [0.2, 0.25) is 0 Å². The number of H-pyrrole nitrogens is 1. The molecule has 0 aliphatic heterocycles. The summed E-state index contributed by atoms with van der Waals surface area (Å²) in [6.07, 6.45) is 5.43. The molecule has 0 aromatic carbocycles. The van der Waals surface area contributed by atoms with Crippen LogP contribution in [0.4, 0.5) is 0 Å². The molecule has 1 fully saturated rings. The Kier molecular flexibility index (Phi) is 6.19. The quantitative estimate of drug-likeness (QED) is 0.685. The zero-order valence-electron chi connectivity index (χ0n) is 14.2. The van der Waals surface area contributed by atoms with Gasteiger partial charge in [-0.15, -0.1) is 0 Å². The predicted molar refractivity (Wildman–Crippen MR) is 87.1 cm³/mol. The summed E-state index contributed by atoms with van der Waals surface area (Å²) < 4.78 is 5.01. The number of hydrogen-bond acceptors (Lipinski definition) is 4. The number of ether oxygens (including phenoxy) is 1. The van der Waals surface area contributed by atoms with Gasteiger partial charge in [-0.25, -0.2) is 4.79 Å². The molecule has 6 heteroatoms. The zero-order chi connectivity index (χ0) is 16.8. The molecule has 1 aliphatic carbocycles. The molecule has 1 unspecified atom stereocenters. The van der Waals surface area contributed by atoms with Crippen LogP contribution in [0.5, 0.6) is 0 Å². The molecule has 1 atom stereocenters. The van der Waals surface area contributed by atoms with Crippen molar-refractivity contribution in [2.45, 2.75) is 64.8 Å².